The molecular formula is C18H13ClFN3O2S2. The molecule has 0 amide bonds. The third-order valence-corrected chi connectivity index (χ3v) is 7.16. The molecule has 0 atom stereocenters. The van der Waals surface area contributed by atoms with Crippen molar-refractivity contribution >= 4 is 39.1 Å². The molecule has 0 bridgehead atoms. The second-order valence-corrected chi connectivity index (χ2v) is 9.20. The minimum absolute atomic E-state index is 0.0371. The van der Waals surface area contributed by atoms with E-state index >= 15 is 0 Å². The molecule has 2 heterocycles. The van der Waals surface area contributed by atoms with E-state index in [-0.39, 0.29) is 10.7 Å². The average Bonchev–Trinajstić information content (AvgIpc) is 2.65. The zero-order valence-corrected chi connectivity index (χ0v) is 16.4. The second kappa shape index (κ2) is 6.78. The number of sulfonamides is 1. The van der Waals surface area contributed by atoms with Crippen molar-refractivity contribution in [2.24, 2.45) is 0 Å². The SMILES string of the molecule is CN1c2cc(Cl)ccc2-c2nc(SCc3ccccc3F)ncc2S1(=O)=O. The van der Waals surface area contributed by atoms with Crippen LogP contribution in [0.2, 0.25) is 5.02 Å². The maximum absolute atomic E-state index is 13.8. The molecule has 0 fully saturated rings. The minimum Gasteiger partial charge on any atom is -0.269 e. The number of hydrogen-bond donors (Lipinski definition) is 0. The van der Waals surface area contributed by atoms with Crippen LogP contribution in [0.25, 0.3) is 11.3 Å². The fourth-order valence-electron chi connectivity index (χ4n) is 2.81. The first-order chi connectivity index (χ1) is 12.9. The molecule has 5 nitrogen and oxygen atoms in total. The Morgan fingerprint density at radius 3 is 2.78 bits per heavy atom. The van der Waals surface area contributed by atoms with Gasteiger partial charge in [0.2, 0.25) is 0 Å². The summed E-state index contributed by atoms with van der Waals surface area (Å²) in [5.41, 5.74) is 1.97. The van der Waals surface area contributed by atoms with Crippen LogP contribution in [0.5, 0.6) is 0 Å². The molecule has 1 aromatic heterocycles. The van der Waals surface area contributed by atoms with Gasteiger partial charge in [0.05, 0.1) is 17.6 Å². The molecule has 0 unspecified atom stereocenters. The number of fused-ring (bicyclic) bond motifs is 3. The first kappa shape index (κ1) is 18.2. The smallest absolute Gasteiger partial charge is 0.267 e. The van der Waals surface area contributed by atoms with E-state index in [9.17, 15) is 12.8 Å². The van der Waals surface area contributed by atoms with Gasteiger partial charge in [0, 0.05) is 23.4 Å². The lowest BCUT2D eigenvalue weighted by Gasteiger charge is -2.28. The van der Waals surface area contributed by atoms with Gasteiger partial charge in [-0.05, 0) is 29.8 Å². The molecule has 0 radical (unpaired) electrons. The molecule has 4 rings (SSSR count). The number of rotatable bonds is 3. The van der Waals surface area contributed by atoms with Crippen LogP contribution in [0.4, 0.5) is 10.1 Å². The van der Waals surface area contributed by atoms with Gasteiger partial charge >= 0.3 is 0 Å². The highest BCUT2D eigenvalue weighted by molar-refractivity contribution is 7.98. The Kier molecular flexibility index (Phi) is 4.57. The van der Waals surface area contributed by atoms with Crippen molar-refractivity contribution in [3.63, 3.8) is 0 Å². The van der Waals surface area contributed by atoms with Crippen molar-refractivity contribution < 1.29 is 12.8 Å². The number of benzene rings is 2. The molecule has 0 aliphatic carbocycles. The summed E-state index contributed by atoms with van der Waals surface area (Å²) in [6, 6.07) is 11.5. The Hall–Kier alpha value is -2.16. The van der Waals surface area contributed by atoms with Crippen molar-refractivity contribution in [1.82, 2.24) is 9.97 Å². The van der Waals surface area contributed by atoms with Gasteiger partial charge < -0.3 is 0 Å². The third-order valence-electron chi connectivity index (χ3n) is 4.24. The van der Waals surface area contributed by atoms with E-state index in [1.54, 1.807) is 36.4 Å². The van der Waals surface area contributed by atoms with E-state index in [1.807, 2.05) is 0 Å². The average molecular weight is 422 g/mol. The molecular weight excluding hydrogens is 409 g/mol. The van der Waals surface area contributed by atoms with E-state index in [0.29, 0.717) is 38.4 Å². The fourth-order valence-corrected chi connectivity index (χ4v) is 5.07. The van der Waals surface area contributed by atoms with Gasteiger partial charge in [0.1, 0.15) is 10.7 Å². The topological polar surface area (TPSA) is 63.2 Å². The fraction of sp³-hybridized carbons (Fsp3) is 0.111. The lowest BCUT2D eigenvalue weighted by atomic mass is 10.1. The van der Waals surface area contributed by atoms with Crippen LogP contribution in [0.3, 0.4) is 0 Å². The normalized spacial score (nSPS) is 14.6. The molecule has 1 aliphatic rings. The van der Waals surface area contributed by atoms with Crippen LogP contribution in [-0.4, -0.2) is 25.4 Å². The van der Waals surface area contributed by atoms with Crippen LogP contribution in [0.1, 0.15) is 5.56 Å². The van der Waals surface area contributed by atoms with Crippen molar-refractivity contribution in [2.45, 2.75) is 15.8 Å². The van der Waals surface area contributed by atoms with Crippen molar-refractivity contribution in [3.8, 4) is 11.3 Å². The largest absolute Gasteiger partial charge is 0.269 e. The number of thioether (sulfide) groups is 1. The number of halogens is 2. The van der Waals surface area contributed by atoms with Gasteiger partial charge in [-0.2, -0.15) is 0 Å². The lowest BCUT2D eigenvalue weighted by Crippen LogP contribution is -2.31. The zero-order chi connectivity index (χ0) is 19.2. The number of aromatic nitrogens is 2. The van der Waals surface area contributed by atoms with E-state index in [1.165, 1.54) is 35.4 Å². The molecule has 9 heteroatoms. The summed E-state index contributed by atoms with van der Waals surface area (Å²) < 4.78 is 40.5. The molecule has 0 saturated carbocycles. The van der Waals surface area contributed by atoms with Gasteiger partial charge in [0.15, 0.2) is 5.16 Å². The zero-order valence-electron chi connectivity index (χ0n) is 14.1. The molecule has 0 saturated heterocycles. The molecule has 27 heavy (non-hydrogen) atoms. The quantitative estimate of drug-likeness (QED) is 0.464. The van der Waals surface area contributed by atoms with Gasteiger partial charge in [-0.15, -0.1) is 0 Å². The summed E-state index contributed by atoms with van der Waals surface area (Å²) in [7, 11) is -2.29. The van der Waals surface area contributed by atoms with Crippen molar-refractivity contribution in [1.29, 1.82) is 0 Å². The predicted molar refractivity (Wildman–Crippen MR) is 104 cm³/mol. The van der Waals surface area contributed by atoms with E-state index < -0.39 is 10.0 Å². The van der Waals surface area contributed by atoms with E-state index in [2.05, 4.69) is 9.97 Å². The molecule has 138 valence electrons. The van der Waals surface area contributed by atoms with Gasteiger partial charge in [0.25, 0.3) is 10.0 Å². The summed E-state index contributed by atoms with van der Waals surface area (Å²) >= 11 is 7.27. The van der Waals surface area contributed by atoms with E-state index in [4.69, 9.17) is 11.6 Å². The highest BCUT2D eigenvalue weighted by Crippen LogP contribution is 2.42. The maximum atomic E-state index is 13.8. The molecule has 0 N–H and O–H groups in total. The summed E-state index contributed by atoms with van der Waals surface area (Å²) in [5, 5.41) is 0.806. The number of anilines is 1. The third kappa shape index (κ3) is 3.18. The van der Waals surface area contributed by atoms with Gasteiger partial charge in [-0.25, -0.2) is 22.8 Å². The summed E-state index contributed by atoms with van der Waals surface area (Å²) in [4.78, 5) is 8.63. The molecule has 1 aliphatic heterocycles. The van der Waals surface area contributed by atoms with Crippen LogP contribution in [0, 0.1) is 5.82 Å². The maximum Gasteiger partial charge on any atom is 0.267 e. The summed E-state index contributed by atoms with van der Waals surface area (Å²) in [5.74, 6) is 0.0399. The number of nitrogens with zero attached hydrogens (tertiary/aromatic N) is 3. The lowest BCUT2D eigenvalue weighted by molar-refractivity contribution is 0.592. The van der Waals surface area contributed by atoms with Crippen molar-refractivity contribution in [3.05, 3.63) is 65.1 Å². The molecule has 3 aromatic rings. The minimum atomic E-state index is -3.76. The van der Waals surface area contributed by atoms with Crippen LogP contribution in [-0.2, 0) is 15.8 Å². The Morgan fingerprint density at radius 1 is 1.22 bits per heavy atom. The molecule has 0 spiro atoms. The summed E-state index contributed by atoms with van der Waals surface area (Å²) in [6.45, 7) is 0. The first-order valence-electron chi connectivity index (χ1n) is 7.90. The second-order valence-electron chi connectivity index (χ2n) is 5.88. The van der Waals surface area contributed by atoms with Gasteiger partial charge in [-0.3, -0.25) is 4.31 Å². The van der Waals surface area contributed by atoms with Crippen LogP contribution in [0.15, 0.2) is 58.7 Å². The Balaban J connectivity index is 1.76. The van der Waals surface area contributed by atoms with Gasteiger partial charge in [-0.1, -0.05) is 41.6 Å². The van der Waals surface area contributed by atoms with E-state index in [0.717, 1.165) is 0 Å². The standard InChI is InChI=1S/C18H13ClFN3O2S2/c1-23-15-8-12(19)6-7-13(15)17-16(27(23,24)25)9-21-18(22-17)26-10-11-4-2-3-5-14(11)20/h2-9H,10H2,1H3. The van der Waals surface area contributed by atoms with Crippen LogP contribution < -0.4 is 4.31 Å². The Morgan fingerprint density at radius 2 is 2.00 bits per heavy atom. The summed E-state index contributed by atoms with van der Waals surface area (Å²) in [6.07, 6.45) is 1.30. The molecule has 2 aromatic carbocycles. The first-order valence-corrected chi connectivity index (χ1v) is 10.7. The predicted octanol–water partition coefficient (Wildman–Crippen LogP) is 4.37. The number of hydrogen-bond acceptors (Lipinski definition) is 5. The Labute approximate surface area is 165 Å². The Bertz CT molecular complexity index is 1160. The van der Waals surface area contributed by atoms with Crippen LogP contribution >= 0.6 is 23.4 Å². The monoisotopic (exact) mass is 421 g/mol. The highest BCUT2D eigenvalue weighted by atomic mass is 35.5. The highest BCUT2D eigenvalue weighted by Gasteiger charge is 2.34. The van der Waals surface area contributed by atoms with Crippen molar-refractivity contribution in [2.75, 3.05) is 11.4 Å².